The van der Waals surface area contributed by atoms with Crippen LogP contribution in [0.4, 0.5) is 0 Å². The van der Waals surface area contributed by atoms with Gasteiger partial charge in [-0.1, -0.05) is 0 Å². The Morgan fingerprint density at radius 1 is 1.00 bits per heavy atom. The summed E-state index contributed by atoms with van der Waals surface area (Å²) in [5, 5.41) is 3.08. The van der Waals surface area contributed by atoms with Crippen molar-refractivity contribution < 1.29 is 9.59 Å². The topological polar surface area (TPSA) is 78.7 Å². The highest BCUT2D eigenvalue weighted by Gasteiger charge is 2.50. The lowest BCUT2D eigenvalue weighted by Gasteiger charge is -2.40. The summed E-state index contributed by atoms with van der Waals surface area (Å²) in [5.41, 5.74) is 6.33. The van der Waals surface area contributed by atoms with Gasteiger partial charge >= 0.3 is 0 Å². The summed E-state index contributed by atoms with van der Waals surface area (Å²) < 4.78 is 0. The monoisotopic (exact) mass is 406 g/mol. The van der Waals surface area contributed by atoms with Crippen molar-refractivity contribution in [1.29, 1.82) is 0 Å². The van der Waals surface area contributed by atoms with Crippen molar-refractivity contribution in [2.75, 3.05) is 26.2 Å². The Kier molecular flexibility index (Phi) is 7.22. The molecule has 2 amide bonds. The van der Waals surface area contributed by atoms with E-state index in [9.17, 15) is 9.59 Å². The number of rotatable bonds is 4. The van der Waals surface area contributed by atoms with Crippen molar-refractivity contribution in [3.05, 3.63) is 0 Å². The van der Waals surface area contributed by atoms with Crippen molar-refractivity contribution in [1.82, 2.24) is 15.1 Å². The van der Waals surface area contributed by atoms with E-state index < -0.39 is 0 Å². The summed E-state index contributed by atoms with van der Waals surface area (Å²) in [6.07, 6.45) is 5.76. The molecule has 0 radical (unpaired) electrons. The highest BCUT2D eigenvalue weighted by molar-refractivity contribution is 5.85. The van der Waals surface area contributed by atoms with Crippen molar-refractivity contribution in [2.24, 2.45) is 23.5 Å². The fourth-order valence-electron chi connectivity index (χ4n) is 4.96. The number of nitrogens with zero attached hydrogens (tertiary/aromatic N) is 2. The van der Waals surface area contributed by atoms with Crippen molar-refractivity contribution in [3.63, 3.8) is 0 Å². The van der Waals surface area contributed by atoms with E-state index in [0.717, 1.165) is 45.4 Å². The highest BCUT2D eigenvalue weighted by Crippen LogP contribution is 2.48. The van der Waals surface area contributed by atoms with Gasteiger partial charge in [0.25, 0.3) is 0 Å². The molecule has 6 nitrogen and oxygen atoms in total. The maximum atomic E-state index is 12.9. The largest absolute Gasteiger partial charge is 0.352 e. The molecule has 4 aliphatic rings. The quantitative estimate of drug-likeness (QED) is 0.729. The molecule has 2 bridgehead atoms. The summed E-state index contributed by atoms with van der Waals surface area (Å²) in [5.74, 6) is 1.53. The molecule has 3 aliphatic carbocycles. The number of amides is 2. The molecule has 3 N–H and O–H groups in total. The Bertz CT molecular complexity index is 521. The first-order chi connectivity index (χ1) is 11.5. The molecule has 5 unspecified atom stereocenters. The van der Waals surface area contributed by atoms with Crippen LogP contribution >= 0.6 is 24.8 Å². The SMILES string of the molecule is CC(C(=O)NC1CC1)N1CCN(C(=O)C2C3CCC(C3)C2N)CC1.Cl.Cl. The summed E-state index contributed by atoms with van der Waals surface area (Å²) in [4.78, 5) is 29.3. The molecule has 0 aromatic heterocycles. The predicted octanol–water partition coefficient (Wildman–Crippen LogP) is 1.01. The Morgan fingerprint density at radius 2 is 1.62 bits per heavy atom. The first-order valence-corrected chi connectivity index (χ1v) is 9.63. The molecule has 0 spiro atoms. The van der Waals surface area contributed by atoms with Crippen molar-refractivity contribution in [2.45, 2.75) is 57.2 Å². The van der Waals surface area contributed by atoms with Gasteiger partial charge in [-0.25, -0.2) is 0 Å². The van der Waals surface area contributed by atoms with Gasteiger partial charge in [0.05, 0.1) is 12.0 Å². The van der Waals surface area contributed by atoms with Crippen LogP contribution in [0.25, 0.3) is 0 Å². The molecule has 8 heteroatoms. The lowest BCUT2D eigenvalue weighted by Crippen LogP contribution is -2.57. The van der Waals surface area contributed by atoms with Crippen LogP contribution in [0.2, 0.25) is 0 Å². The lowest BCUT2D eigenvalue weighted by molar-refractivity contribution is -0.140. The smallest absolute Gasteiger partial charge is 0.237 e. The van der Waals surface area contributed by atoms with E-state index in [0.29, 0.717) is 17.9 Å². The number of halogens is 2. The molecule has 4 rings (SSSR count). The van der Waals surface area contributed by atoms with Crippen molar-refractivity contribution in [3.8, 4) is 0 Å². The van der Waals surface area contributed by atoms with E-state index in [1.165, 1.54) is 12.8 Å². The van der Waals surface area contributed by atoms with Gasteiger partial charge in [-0.3, -0.25) is 14.5 Å². The Morgan fingerprint density at radius 3 is 2.15 bits per heavy atom. The summed E-state index contributed by atoms with van der Waals surface area (Å²) in [6.45, 7) is 4.98. The number of hydrogen-bond acceptors (Lipinski definition) is 4. The number of nitrogens with one attached hydrogen (secondary N) is 1. The second-order valence-electron chi connectivity index (χ2n) is 8.26. The average Bonchev–Trinajstić information content (AvgIpc) is 3.18. The molecule has 1 aliphatic heterocycles. The molecule has 150 valence electrons. The lowest BCUT2D eigenvalue weighted by atomic mass is 9.84. The molecule has 1 saturated heterocycles. The zero-order chi connectivity index (χ0) is 16.8. The van der Waals surface area contributed by atoms with Crippen molar-refractivity contribution >= 4 is 36.6 Å². The fourth-order valence-corrected chi connectivity index (χ4v) is 4.96. The minimum absolute atomic E-state index is 0. The van der Waals surface area contributed by atoms with Gasteiger partial charge in [0.1, 0.15) is 0 Å². The van der Waals surface area contributed by atoms with Gasteiger partial charge in [0.15, 0.2) is 0 Å². The zero-order valence-electron chi connectivity index (χ0n) is 15.4. The van der Waals surface area contributed by atoms with E-state index in [4.69, 9.17) is 5.73 Å². The molecule has 4 fully saturated rings. The van der Waals surface area contributed by atoms with E-state index in [-0.39, 0.29) is 54.6 Å². The zero-order valence-corrected chi connectivity index (χ0v) is 17.1. The molecule has 3 saturated carbocycles. The number of carbonyl (C=O) groups excluding carboxylic acids is 2. The summed E-state index contributed by atoms with van der Waals surface area (Å²) >= 11 is 0. The predicted molar refractivity (Wildman–Crippen MR) is 106 cm³/mol. The third-order valence-corrected chi connectivity index (χ3v) is 6.74. The first-order valence-electron chi connectivity index (χ1n) is 9.63. The van der Waals surface area contributed by atoms with E-state index in [2.05, 4.69) is 10.2 Å². The minimum atomic E-state index is -0.104. The molecular weight excluding hydrogens is 375 g/mol. The molecule has 0 aromatic carbocycles. The Balaban J connectivity index is 0.00000121. The number of carbonyl (C=O) groups is 2. The van der Waals surface area contributed by atoms with Gasteiger partial charge in [0, 0.05) is 38.3 Å². The molecule has 0 aromatic rings. The van der Waals surface area contributed by atoms with Gasteiger partial charge in [-0.05, 0) is 50.9 Å². The average molecular weight is 407 g/mol. The van der Waals surface area contributed by atoms with E-state index >= 15 is 0 Å². The van der Waals surface area contributed by atoms with Crippen LogP contribution in [0, 0.1) is 17.8 Å². The number of piperazine rings is 1. The van der Waals surface area contributed by atoms with Crippen LogP contribution in [0.15, 0.2) is 0 Å². The van der Waals surface area contributed by atoms with E-state index in [1.54, 1.807) is 0 Å². The maximum absolute atomic E-state index is 12.9. The summed E-state index contributed by atoms with van der Waals surface area (Å²) in [6, 6.07) is 0.368. The second-order valence-corrected chi connectivity index (χ2v) is 8.26. The molecule has 1 heterocycles. The third kappa shape index (κ3) is 4.13. The number of hydrogen-bond donors (Lipinski definition) is 2. The minimum Gasteiger partial charge on any atom is -0.352 e. The van der Waals surface area contributed by atoms with Crippen LogP contribution in [0.3, 0.4) is 0 Å². The number of nitrogens with two attached hydrogens (primary N) is 1. The highest BCUT2D eigenvalue weighted by atomic mass is 35.5. The van der Waals surface area contributed by atoms with Gasteiger partial charge in [-0.15, -0.1) is 24.8 Å². The molecule has 26 heavy (non-hydrogen) atoms. The maximum Gasteiger partial charge on any atom is 0.237 e. The van der Waals surface area contributed by atoms with Crippen LogP contribution in [-0.4, -0.2) is 65.9 Å². The number of fused-ring (bicyclic) bond motifs is 2. The summed E-state index contributed by atoms with van der Waals surface area (Å²) in [7, 11) is 0. The molecule has 5 atom stereocenters. The first kappa shape index (κ1) is 21.7. The van der Waals surface area contributed by atoms with Crippen LogP contribution in [-0.2, 0) is 9.59 Å². The normalized spacial score (nSPS) is 34.6. The molecular formula is C18H32Cl2N4O2. The Labute approximate surface area is 168 Å². The van der Waals surface area contributed by atoms with Gasteiger partial charge < -0.3 is 16.0 Å². The van der Waals surface area contributed by atoms with Crippen LogP contribution in [0.5, 0.6) is 0 Å². The van der Waals surface area contributed by atoms with E-state index in [1.807, 2.05) is 11.8 Å². The van der Waals surface area contributed by atoms with Crippen LogP contribution < -0.4 is 11.1 Å². The van der Waals surface area contributed by atoms with Gasteiger partial charge in [-0.2, -0.15) is 0 Å². The second kappa shape index (κ2) is 8.63. The fraction of sp³-hybridized carbons (Fsp3) is 0.889. The van der Waals surface area contributed by atoms with Crippen LogP contribution in [0.1, 0.15) is 39.0 Å². The standard InChI is InChI=1S/C18H30N4O2.2ClH/c1-11(17(23)20-14-4-5-14)21-6-8-22(9-7-21)18(24)15-12-2-3-13(10-12)16(15)19;;/h11-16H,2-10,19H2,1H3,(H,20,23);2*1H. The Hall–Kier alpha value is -0.560. The third-order valence-electron chi connectivity index (χ3n) is 6.74. The van der Waals surface area contributed by atoms with Gasteiger partial charge in [0.2, 0.25) is 11.8 Å².